The lowest BCUT2D eigenvalue weighted by Gasteiger charge is -2.12. The number of carbonyl (C=O) groups is 1. The molecule has 1 aromatic rings. The highest BCUT2D eigenvalue weighted by atomic mass is 19.4. The third-order valence-corrected chi connectivity index (χ3v) is 2.04. The van der Waals surface area contributed by atoms with Crippen molar-refractivity contribution in [2.75, 3.05) is 5.32 Å². The highest BCUT2D eigenvalue weighted by molar-refractivity contribution is 6.58. The molecule has 0 heterocycles. The van der Waals surface area contributed by atoms with Gasteiger partial charge >= 0.3 is 6.98 Å². The van der Waals surface area contributed by atoms with Gasteiger partial charge in [0.05, 0.1) is 4.92 Å². The number of hydrogen-bond acceptors (Lipinski definition) is 3. The molecule has 98 valence electrons. The van der Waals surface area contributed by atoms with Crippen molar-refractivity contribution in [2.45, 2.75) is 12.7 Å². The zero-order valence-electron chi connectivity index (χ0n) is 9.11. The fraction of sp³-hybridized carbons (Fsp3) is 0.222. The first-order chi connectivity index (χ1) is 8.28. The molecule has 0 radical (unpaired) electrons. The molecule has 1 amide bonds. The van der Waals surface area contributed by atoms with E-state index in [1.165, 1.54) is 18.2 Å². The Morgan fingerprint density at radius 1 is 1.39 bits per heavy atom. The van der Waals surface area contributed by atoms with Gasteiger partial charge in [0, 0.05) is 24.2 Å². The van der Waals surface area contributed by atoms with E-state index in [1.54, 1.807) is 0 Å². The molecule has 5 nitrogen and oxygen atoms in total. The van der Waals surface area contributed by atoms with Crippen molar-refractivity contribution >= 4 is 24.3 Å². The van der Waals surface area contributed by atoms with E-state index in [4.69, 9.17) is 0 Å². The summed E-state index contributed by atoms with van der Waals surface area (Å²) in [5.41, 5.74) is -0.142. The maximum atomic E-state index is 11.9. The van der Waals surface area contributed by atoms with E-state index in [-0.39, 0.29) is 11.4 Å². The molecule has 1 N–H and O–H groups in total. The quantitative estimate of drug-likeness (QED) is 0.503. The number of nitro benzene ring substituents is 1. The molecule has 0 bridgehead atoms. The van der Waals surface area contributed by atoms with Gasteiger partial charge < -0.3 is 18.3 Å². The summed E-state index contributed by atoms with van der Waals surface area (Å²) in [5, 5.41) is 12.6. The van der Waals surface area contributed by atoms with Crippen molar-refractivity contribution in [1.82, 2.24) is 0 Å². The summed E-state index contributed by atoms with van der Waals surface area (Å²) in [6.07, 6.45) is -1.85. The van der Waals surface area contributed by atoms with Gasteiger partial charge in [-0.3, -0.25) is 14.9 Å². The normalized spacial score (nSPS) is 11.1. The monoisotopic (exact) mass is 261 g/mol. The summed E-state index contributed by atoms with van der Waals surface area (Å²) < 4.78 is 35.8. The van der Waals surface area contributed by atoms with Gasteiger partial charge in [-0.1, -0.05) is 12.4 Å². The number of hydrogen-bond donors (Lipinski definition) is 1. The minimum atomic E-state index is -5.00. The van der Waals surface area contributed by atoms with Crippen LogP contribution in [0.1, 0.15) is 6.42 Å². The van der Waals surface area contributed by atoms with Gasteiger partial charge in [-0.25, -0.2) is 0 Å². The summed E-state index contributed by atoms with van der Waals surface area (Å²) in [6.45, 7) is -5.00. The predicted molar refractivity (Wildman–Crippen MR) is 60.2 cm³/mol. The summed E-state index contributed by atoms with van der Waals surface area (Å²) in [5.74, 6) is -0.824. The Morgan fingerprint density at radius 2 is 2.06 bits per heavy atom. The topological polar surface area (TPSA) is 72.2 Å². The Hall–Kier alpha value is -2.06. The number of nitrogens with zero attached hydrogens (tertiary/aromatic N) is 1. The van der Waals surface area contributed by atoms with Crippen LogP contribution in [-0.4, -0.2) is 17.8 Å². The standard InChI is InChI=1S/C9H9BF3N2O3/c11-10(12,13)5-4-9(16)14-7-2-1-3-8(6-7)15(17)18/h1-3,6H,4-5H2,(H,14,16)/q-1. The van der Waals surface area contributed by atoms with Crippen molar-refractivity contribution in [3.8, 4) is 0 Å². The number of amides is 1. The highest BCUT2D eigenvalue weighted by Crippen LogP contribution is 2.19. The number of anilines is 1. The molecule has 0 aliphatic carbocycles. The van der Waals surface area contributed by atoms with Crippen LogP contribution < -0.4 is 5.32 Å². The van der Waals surface area contributed by atoms with Gasteiger partial charge in [0.1, 0.15) is 0 Å². The molecule has 0 aliphatic heterocycles. The Balaban J connectivity index is 2.59. The molecular weight excluding hydrogens is 252 g/mol. The maximum absolute atomic E-state index is 11.9. The van der Waals surface area contributed by atoms with Gasteiger partial charge in [-0.15, -0.1) is 0 Å². The largest absolute Gasteiger partial charge is 0.478 e. The molecule has 0 unspecified atom stereocenters. The summed E-state index contributed by atoms with van der Waals surface area (Å²) >= 11 is 0. The second kappa shape index (κ2) is 5.52. The van der Waals surface area contributed by atoms with E-state index in [0.717, 1.165) is 6.07 Å². The van der Waals surface area contributed by atoms with Crippen LogP contribution in [0.3, 0.4) is 0 Å². The van der Waals surface area contributed by atoms with Crippen LogP contribution in [0.4, 0.5) is 24.3 Å². The van der Waals surface area contributed by atoms with E-state index < -0.39 is 30.5 Å². The molecule has 9 heteroatoms. The van der Waals surface area contributed by atoms with E-state index in [9.17, 15) is 27.9 Å². The number of carbonyl (C=O) groups excluding carboxylic acids is 1. The number of rotatable bonds is 5. The molecule has 0 aromatic heterocycles. The van der Waals surface area contributed by atoms with E-state index in [2.05, 4.69) is 5.32 Å². The highest BCUT2D eigenvalue weighted by Gasteiger charge is 2.23. The maximum Gasteiger partial charge on any atom is 0.478 e. The van der Waals surface area contributed by atoms with Crippen LogP contribution in [0.25, 0.3) is 0 Å². The lowest BCUT2D eigenvalue weighted by Crippen LogP contribution is -2.19. The number of halogens is 3. The molecule has 0 aliphatic rings. The van der Waals surface area contributed by atoms with Gasteiger partial charge in [-0.2, -0.15) is 0 Å². The molecule has 0 saturated heterocycles. The Kier molecular flexibility index (Phi) is 4.30. The van der Waals surface area contributed by atoms with Crippen molar-refractivity contribution in [1.29, 1.82) is 0 Å². The number of nitrogens with one attached hydrogen (secondary N) is 1. The third kappa shape index (κ3) is 4.85. The average Bonchev–Trinajstić information content (AvgIpc) is 2.26. The van der Waals surface area contributed by atoms with Gasteiger partial charge in [0.25, 0.3) is 5.69 Å². The molecule has 18 heavy (non-hydrogen) atoms. The second-order valence-electron chi connectivity index (χ2n) is 3.60. The third-order valence-electron chi connectivity index (χ3n) is 2.04. The first-order valence-electron chi connectivity index (χ1n) is 5.03. The van der Waals surface area contributed by atoms with Crippen molar-refractivity contribution in [3.63, 3.8) is 0 Å². The summed E-state index contributed by atoms with van der Waals surface area (Å²) in [6, 6.07) is 5.00. The minimum absolute atomic E-state index is 0.101. The lowest BCUT2D eigenvalue weighted by molar-refractivity contribution is -0.384. The lowest BCUT2D eigenvalue weighted by atomic mass is 9.84. The van der Waals surface area contributed by atoms with Gasteiger partial charge in [-0.05, 0) is 6.07 Å². The van der Waals surface area contributed by atoms with Crippen molar-refractivity contribution < 1.29 is 22.7 Å². The van der Waals surface area contributed by atoms with E-state index in [0.29, 0.717) is 0 Å². The number of benzene rings is 1. The smallest absolute Gasteiger partial charge is 0.449 e. The van der Waals surface area contributed by atoms with Crippen molar-refractivity contribution in [3.05, 3.63) is 34.4 Å². The van der Waals surface area contributed by atoms with Crippen molar-refractivity contribution in [2.24, 2.45) is 0 Å². The molecule has 0 saturated carbocycles. The SMILES string of the molecule is O=C(CC[B-](F)(F)F)Nc1cccc([N+](=O)[O-])c1. The first-order valence-corrected chi connectivity index (χ1v) is 5.03. The first kappa shape index (κ1) is 14.0. The number of nitro groups is 1. The predicted octanol–water partition coefficient (Wildman–Crippen LogP) is 2.77. The van der Waals surface area contributed by atoms with Crippen LogP contribution in [-0.2, 0) is 4.79 Å². The molecular formula is C9H9BF3N2O3-. The fourth-order valence-electron chi connectivity index (χ4n) is 1.22. The fourth-order valence-corrected chi connectivity index (χ4v) is 1.22. The zero-order valence-corrected chi connectivity index (χ0v) is 9.11. The average molecular weight is 261 g/mol. The summed E-state index contributed by atoms with van der Waals surface area (Å²) in [7, 11) is 0. The Morgan fingerprint density at radius 3 is 2.61 bits per heavy atom. The minimum Gasteiger partial charge on any atom is -0.449 e. The molecule has 0 fully saturated rings. The van der Waals surface area contributed by atoms with E-state index >= 15 is 0 Å². The molecule has 0 spiro atoms. The van der Waals surface area contributed by atoms with Crippen LogP contribution in [0.2, 0.25) is 6.32 Å². The van der Waals surface area contributed by atoms with Crippen LogP contribution in [0.15, 0.2) is 24.3 Å². The Bertz CT molecular complexity index is 465. The van der Waals surface area contributed by atoms with Crippen LogP contribution >= 0.6 is 0 Å². The van der Waals surface area contributed by atoms with Gasteiger partial charge in [0.15, 0.2) is 0 Å². The Labute approximate surface area is 100 Å². The molecule has 0 atom stereocenters. The van der Waals surface area contributed by atoms with Crippen LogP contribution in [0.5, 0.6) is 0 Å². The van der Waals surface area contributed by atoms with Crippen LogP contribution in [0, 0.1) is 10.1 Å². The van der Waals surface area contributed by atoms with E-state index in [1.807, 2.05) is 0 Å². The number of non-ortho nitro benzene ring substituents is 1. The molecule has 1 rings (SSSR count). The molecule has 1 aromatic carbocycles. The summed E-state index contributed by atoms with van der Waals surface area (Å²) in [4.78, 5) is 21.0. The van der Waals surface area contributed by atoms with Gasteiger partial charge in [0.2, 0.25) is 5.91 Å². The second-order valence-corrected chi connectivity index (χ2v) is 3.60. The zero-order chi connectivity index (χ0) is 13.8.